The van der Waals surface area contributed by atoms with Crippen LogP contribution in [0.15, 0.2) is 0 Å². The number of hydrazine groups is 1. The second kappa shape index (κ2) is 7.83. The number of nitrogens with one attached hydrogen (secondary N) is 3. The lowest BCUT2D eigenvalue weighted by Gasteiger charge is -2.46. The average molecular weight is 406 g/mol. The Morgan fingerprint density at radius 3 is 2.62 bits per heavy atom. The van der Waals surface area contributed by atoms with Gasteiger partial charge in [0.15, 0.2) is 0 Å². The fraction of sp³-hybridized carbons (Fsp3) is 1.00. The van der Waals surface area contributed by atoms with Gasteiger partial charge in [0.05, 0.1) is 6.54 Å². The Morgan fingerprint density at radius 1 is 1.10 bits per heavy atom. The Balaban J connectivity index is 1.04. The van der Waals surface area contributed by atoms with E-state index < -0.39 is 0 Å². The molecule has 4 aliphatic heterocycles. The minimum absolute atomic E-state index is 0.0102. The van der Waals surface area contributed by atoms with Crippen LogP contribution in [0.25, 0.3) is 0 Å². The molecule has 7 heteroatoms. The van der Waals surface area contributed by atoms with Gasteiger partial charge in [-0.15, -0.1) is 0 Å². The zero-order chi connectivity index (χ0) is 20.2. The maximum Gasteiger partial charge on any atom is 0.272 e. The van der Waals surface area contributed by atoms with Gasteiger partial charge in [-0.05, 0) is 63.5 Å². The van der Waals surface area contributed by atoms with Gasteiger partial charge in [0.1, 0.15) is 0 Å². The number of nitroso groups, excluding NO2 is 1. The number of fused-ring (bicyclic) bond motifs is 1. The Hall–Kier alpha value is -0.600. The summed E-state index contributed by atoms with van der Waals surface area (Å²) in [6, 6.07) is 1.57. The van der Waals surface area contributed by atoms with E-state index in [-0.39, 0.29) is 12.2 Å². The van der Waals surface area contributed by atoms with Gasteiger partial charge in [0.25, 0.3) is 6.17 Å². The maximum absolute atomic E-state index is 12.3. The molecule has 1 saturated carbocycles. The Morgan fingerprint density at radius 2 is 1.93 bits per heavy atom. The van der Waals surface area contributed by atoms with Crippen LogP contribution in [0.3, 0.4) is 0 Å². The minimum atomic E-state index is 0.0102. The van der Waals surface area contributed by atoms with Gasteiger partial charge in [-0.2, -0.15) is 5.01 Å². The lowest BCUT2D eigenvalue weighted by Crippen LogP contribution is -2.67. The molecule has 0 amide bonds. The van der Waals surface area contributed by atoms with E-state index in [1.807, 2.05) is 6.92 Å². The smallest absolute Gasteiger partial charge is 0.272 e. The number of hydrogen-bond acceptors (Lipinski definition) is 6. The van der Waals surface area contributed by atoms with Crippen molar-refractivity contribution < 1.29 is 4.76 Å². The lowest BCUT2D eigenvalue weighted by atomic mass is 9.60. The summed E-state index contributed by atoms with van der Waals surface area (Å²) in [4.78, 5) is 14.9. The largest absolute Gasteiger partial charge is 0.311 e. The molecular weight excluding hydrogens is 364 g/mol. The van der Waals surface area contributed by atoms with Gasteiger partial charge in [-0.3, -0.25) is 0 Å². The normalized spacial score (nSPS) is 48.8. The van der Waals surface area contributed by atoms with Crippen LogP contribution in [-0.4, -0.2) is 84.8 Å². The topological polar surface area (TPSA) is 62.6 Å². The molecule has 0 aromatic heterocycles. The molecule has 7 nitrogen and oxygen atoms in total. The number of hydrogen-bond donors (Lipinski definition) is 3. The summed E-state index contributed by atoms with van der Waals surface area (Å²) < 4.78 is 1.30. The molecule has 0 radical (unpaired) electrons. The van der Waals surface area contributed by atoms with Gasteiger partial charge < -0.3 is 15.5 Å². The minimum Gasteiger partial charge on any atom is -0.311 e. The van der Waals surface area contributed by atoms with Gasteiger partial charge in [-0.25, -0.2) is 5.43 Å². The molecule has 5 aliphatic rings. The molecule has 5 rings (SSSR count). The van der Waals surface area contributed by atoms with Crippen molar-refractivity contribution in [1.82, 2.24) is 26.0 Å². The number of rotatable bonds is 4. The van der Waals surface area contributed by atoms with E-state index in [1.54, 1.807) is 0 Å². The zero-order valence-corrected chi connectivity index (χ0v) is 18.6. The summed E-state index contributed by atoms with van der Waals surface area (Å²) in [6.07, 6.45) is 8.14. The lowest BCUT2D eigenvalue weighted by molar-refractivity contribution is -0.615. The van der Waals surface area contributed by atoms with Crippen molar-refractivity contribution in [2.75, 3.05) is 39.8 Å². The molecule has 29 heavy (non-hydrogen) atoms. The second-order valence-electron chi connectivity index (χ2n) is 11.2. The van der Waals surface area contributed by atoms with Crippen molar-refractivity contribution in [2.24, 2.45) is 17.3 Å². The molecule has 4 heterocycles. The summed E-state index contributed by atoms with van der Waals surface area (Å²) in [6.45, 7) is 9.85. The van der Waals surface area contributed by atoms with E-state index in [1.165, 1.54) is 50.0 Å². The summed E-state index contributed by atoms with van der Waals surface area (Å²) in [5.41, 5.74) is 4.37. The molecule has 6 unspecified atom stereocenters. The fourth-order valence-corrected chi connectivity index (χ4v) is 7.12. The Bertz CT molecular complexity index is 614. The van der Waals surface area contributed by atoms with Crippen LogP contribution in [0.1, 0.15) is 52.4 Å². The van der Waals surface area contributed by atoms with Crippen LogP contribution in [0.5, 0.6) is 0 Å². The van der Waals surface area contributed by atoms with E-state index in [9.17, 15) is 4.91 Å². The van der Waals surface area contributed by atoms with Crippen molar-refractivity contribution in [3.63, 3.8) is 0 Å². The molecule has 0 bridgehead atoms. The SMILES string of the molecule is CC1CC(C2CNC(CCC3CC4(CCN(C)C4)C3)CN2)NN2CC(C)[N+](=O)C12. The highest BCUT2D eigenvalue weighted by Gasteiger charge is 2.53. The number of piperazine rings is 1. The summed E-state index contributed by atoms with van der Waals surface area (Å²) in [7, 11) is 2.28. The van der Waals surface area contributed by atoms with Crippen molar-refractivity contribution in [1.29, 1.82) is 0 Å². The quantitative estimate of drug-likeness (QED) is 0.610. The fourth-order valence-electron chi connectivity index (χ4n) is 7.12. The highest BCUT2D eigenvalue weighted by Crippen LogP contribution is 2.53. The van der Waals surface area contributed by atoms with Crippen LogP contribution in [0, 0.1) is 22.2 Å². The summed E-state index contributed by atoms with van der Waals surface area (Å²) in [5.74, 6) is 1.37. The van der Waals surface area contributed by atoms with Gasteiger partial charge in [0.2, 0.25) is 6.04 Å². The second-order valence-corrected chi connectivity index (χ2v) is 11.2. The van der Waals surface area contributed by atoms with Crippen LogP contribution >= 0.6 is 0 Å². The van der Waals surface area contributed by atoms with Crippen molar-refractivity contribution >= 4 is 0 Å². The molecule has 1 spiro atoms. The van der Waals surface area contributed by atoms with Crippen LogP contribution in [0.2, 0.25) is 0 Å². The van der Waals surface area contributed by atoms with Crippen molar-refractivity contribution in [3.8, 4) is 0 Å². The van der Waals surface area contributed by atoms with E-state index in [0.717, 1.165) is 32.0 Å². The summed E-state index contributed by atoms with van der Waals surface area (Å²) >= 11 is 0. The highest BCUT2D eigenvalue weighted by atomic mass is 16.3. The predicted molar refractivity (Wildman–Crippen MR) is 114 cm³/mol. The molecule has 3 N–H and O–H groups in total. The molecular formula is C22H41N6O+. The first kappa shape index (κ1) is 20.3. The molecule has 0 aromatic rings. The van der Waals surface area contributed by atoms with E-state index in [4.69, 9.17) is 0 Å². The van der Waals surface area contributed by atoms with Crippen molar-refractivity contribution in [3.05, 3.63) is 4.91 Å². The highest BCUT2D eigenvalue weighted by molar-refractivity contribution is 5.00. The molecule has 0 aromatic carbocycles. The van der Waals surface area contributed by atoms with Crippen LogP contribution < -0.4 is 16.1 Å². The number of likely N-dealkylation sites (tertiary alicyclic amines) is 1. The zero-order valence-electron chi connectivity index (χ0n) is 18.6. The first-order valence-corrected chi connectivity index (χ1v) is 12.1. The molecule has 1 aliphatic carbocycles. The standard InChI is InChI=1S/C22H41N6O/c1-15-8-19(25-27-13-16(2)28(29)21(15)27)20-12-23-18(11-24-20)5-4-17-9-22(10-17)6-7-26(3)14-22/h15-21,23-25H,4-14H2,1-3H3/q+1. The van der Waals surface area contributed by atoms with Gasteiger partial charge in [0, 0.05) is 60.3 Å². The number of nitrogens with zero attached hydrogens (tertiary/aromatic N) is 3. The average Bonchev–Trinajstić information content (AvgIpc) is 3.20. The molecule has 5 fully saturated rings. The molecule has 6 atom stereocenters. The first-order chi connectivity index (χ1) is 13.9. The van der Waals surface area contributed by atoms with E-state index >= 15 is 0 Å². The van der Waals surface area contributed by atoms with Crippen LogP contribution in [-0.2, 0) is 0 Å². The van der Waals surface area contributed by atoms with Gasteiger partial charge >= 0.3 is 0 Å². The summed E-state index contributed by atoms with van der Waals surface area (Å²) in [5, 5.41) is 9.86. The van der Waals surface area contributed by atoms with E-state index in [2.05, 4.69) is 39.9 Å². The maximum atomic E-state index is 12.3. The van der Waals surface area contributed by atoms with E-state index in [0.29, 0.717) is 29.5 Å². The van der Waals surface area contributed by atoms with Crippen molar-refractivity contribution in [2.45, 2.75) is 82.7 Å². The first-order valence-electron chi connectivity index (χ1n) is 12.1. The predicted octanol–water partition coefficient (Wildman–Crippen LogP) is 1.15. The Kier molecular flexibility index (Phi) is 5.48. The Labute approximate surface area is 175 Å². The third kappa shape index (κ3) is 3.89. The molecule has 4 saturated heterocycles. The molecule has 164 valence electrons. The third-order valence-electron chi connectivity index (χ3n) is 8.68. The van der Waals surface area contributed by atoms with Gasteiger partial charge in [-0.1, -0.05) is 6.92 Å². The monoisotopic (exact) mass is 405 g/mol. The third-order valence-corrected chi connectivity index (χ3v) is 8.68. The van der Waals surface area contributed by atoms with Crippen LogP contribution in [0.4, 0.5) is 0 Å².